The van der Waals surface area contributed by atoms with Crippen molar-refractivity contribution in [2.45, 2.75) is 6.04 Å². The molecule has 1 unspecified atom stereocenters. The second-order valence-corrected chi connectivity index (χ2v) is 4.29. The molecule has 74 valence electrons. The maximum absolute atomic E-state index is 13.0. The lowest BCUT2D eigenvalue weighted by atomic mass is 10.2. The van der Waals surface area contributed by atoms with Crippen LogP contribution in [0.4, 0.5) is 10.1 Å². The summed E-state index contributed by atoms with van der Waals surface area (Å²) in [5.41, 5.74) is 6.83. The standard InChI is InChI=1S/C11H13FN2/c12-7-2-1-3-8(4-7)14-5-9-10(6-14)11(9)13/h1-4,9-11H,5-6,13H2/t9-,10+,11?. The number of halogens is 1. The van der Waals surface area contributed by atoms with E-state index in [-0.39, 0.29) is 5.82 Å². The second-order valence-electron chi connectivity index (χ2n) is 4.29. The molecule has 1 heterocycles. The van der Waals surface area contributed by atoms with Gasteiger partial charge < -0.3 is 10.6 Å². The van der Waals surface area contributed by atoms with Crippen LogP contribution in [-0.4, -0.2) is 19.1 Å². The Balaban J connectivity index is 1.79. The molecule has 3 rings (SSSR count). The number of fused-ring (bicyclic) bond motifs is 1. The van der Waals surface area contributed by atoms with Crippen molar-refractivity contribution in [3.8, 4) is 0 Å². The average molecular weight is 192 g/mol. The summed E-state index contributed by atoms with van der Waals surface area (Å²) in [5, 5.41) is 0. The topological polar surface area (TPSA) is 29.3 Å². The number of anilines is 1. The van der Waals surface area contributed by atoms with Gasteiger partial charge in [0, 0.05) is 24.8 Å². The monoisotopic (exact) mass is 192 g/mol. The molecule has 2 nitrogen and oxygen atoms in total. The molecule has 2 N–H and O–H groups in total. The molecular weight excluding hydrogens is 179 g/mol. The molecule has 0 bridgehead atoms. The molecule has 3 heteroatoms. The predicted octanol–water partition coefficient (Wildman–Crippen LogP) is 1.22. The van der Waals surface area contributed by atoms with E-state index in [0.717, 1.165) is 18.8 Å². The molecule has 1 aliphatic carbocycles. The van der Waals surface area contributed by atoms with Gasteiger partial charge >= 0.3 is 0 Å². The van der Waals surface area contributed by atoms with Crippen LogP contribution in [0.2, 0.25) is 0 Å². The van der Waals surface area contributed by atoms with Gasteiger partial charge in [0.2, 0.25) is 0 Å². The van der Waals surface area contributed by atoms with Crippen molar-refractivity contribution in [1.82, 2.24) is 0 Å². The number of benzene rings is 1. The quantitative estimate of drug-likeness (QED) is 0.725. The summed E-state index contributed by atoms with van der Waals surface area (Å²) >= 11 is 0. The maximum atomic E-state index is 13.0. The van der Waals surface area contributed by atoms with Gasteiger partial charge in [0.1, 0.15) is 5.82 Å². The van der Waals surface area contributed by atoms with E-state index in [2.05, 4.69) is 4.90 Å². The molecule has 3 atom stereocenters. The normalized spacial score (nSPS) is 34.4. The Morgan fingerprint density at radius 1 is 1.29 bits per heavy atom. The first kappa shape index (κ1) is 8.24. The van der Waals surface area contributed by atoms with Crippen LogP contribution in [0, 0.1) is 17.7 Å². The van der Waals surface area contributed by atoms with Crippen LogP contribution in [-0.2, 0) is 0 Å². The minimum absolute atomic E-state index is 0.160. The molecule has 1 saturated carbocycles. The molecule has 2 aliphatic rings. The molecule has 1 aliphatic heterocycles. The Labute approximate surface area is 82.5 Å². The molecule has 14 heavy (non-hydrogen) atoms. The SMILES string of the molecule is NC1[C@H]2CN(c3cccc(F)c3)C[C@@H]12. The van der Waals surface area contributed by atoms with Crippen molar-refractivity contribution >= 4 is 5.69 Å². The van der Waals surface area contributed by atoms with Gasteiger partial charge in [-0.15, -0.1) is 0 Å². The summed E-state index contributed by atoms with van der Waals surface area (Å²) in [6.45, 7) is 1.99. The van der Waals surface area contributed by atoms with E-state index < -0.39 is 0 Å². The smallest absolute Gasteiger partial charge is 0.125 e. The minimum Gasteiger partial charge on any atom is -0.371 e. The highest BCUT2D eigenvalue weighted by Gasteiger charge is 2.53. The summed E-state index contributed by atoms with van der Waals surface area (Å²) in [6, 6.07) is 7.19. The zero-order chi connectivity index (χ0) is 9.71. The van der Waals surface area contributed by atoms with Crippen molar-refractivity contribution in [3.05, 3.63) is 30.1 Å². The number of hydrogen-bond acceptors (Lipinski definition) is 2. The Bertz CT molecular complexity index is 354. The molecule has 1 aromatic rings. The summed E-state index contributed by atoms with van der Waals surface area (Å²) < 4.78 is 13.0. The summed E-state index contributed by atoms with van der Waals surface area (Å²) in [5.74, 6) is 1.14. The van der Waals surface area contributed by atoms with Crippen molar-refractivity contribution in [2.24, 2.45) is 17.6 Å². The van der Waals surface area contributed by atoms with Gasteiger partial charge in [0.25, 0.3) is 0 Å². The molecule has 2 fully saturated rings. The second kappa shape index (κ2) is 2.70. The van der Waals surface area contributed by atoms with Crippen LogP contribution >= 0.6 is 0 Å². The van der Waals surface area contributed by atoms with Crippen molar-refractivity contribution in [3.63, 3.8) is 0 Å². The van der Waals surface area contributed by atoms with E-state index in [0.29, 0.717) is 17.9 Å². The van der Waals surface area contributed by atoms with Crippen LogP contribution < -0.4 is 10.6 Å². The molecule has 1 saturated heterocycles. The Hall–Kier alpha value is -1.09. The van der Waals surface area contributed by atoms with E-state index in [1.807, 2.05) is 6.07 Å². The Kier molecular flexibility index (Phi) is 1.59. The predicted molar refractivity (Wildman–Crippen MR) is 53.6 cm³/mol. The van der Waals surface area contributed by atoms with Gasteiger partial charge in [-0.05, 0) is 30.0 Å². The van der Waals surface area contributed by atoms with Gasteiger partial charge in [0.05, 0.1) is 0 Å². The molecule has 1 aromatic carbocycles. The van der Waals surface area contributed by atoms with Gasteiger partial charge in [0.15, 0.2) is 0 Å². The van der Waals surface area contributed by atoms with Crippen LogP contribution in [0.5, 0.6) is 0 Å². The first-order valence-corrected chi connectivity index (χ1v) is 5.02. The number of rotatable bonds is 1. The van der Waals surface area contributed by atoms with Gasteiger partial charge in [-0.3, -0.25) is 0 Å². The van der Waals surface area contributed by atoms with E-state index >= 15 is 0 Å². The average Bonchev–Trinajstić information content (AvgIpc) is 2.66. The third kappa shape index (κ3) is 1.12. The maximum Gasteiger partial charge on any atom is 0.125 e. The van der Waals surface area contributed by atoms with Gasteiger partial charge in [-0.2, -0.15) is 0 Å². The number of nitrogens with two attached hydrogens (primary N) is 1. The lowest BCUT2D eigenvalue weighted by Crippen LogP contribution is -2.27. The Morgan fingerprint density at radius 3 is 2.64 bits per heavy atom. The van der Waals surface area contributed by atoms with E-state index in [1.54, 1.807) is 12.1 Å². The molecule has 0 amide bonds. The van der Waals surface area contributed by atoms with E-state index in [1.165, 1.54) is 6.07 Å². The number of hydrogen-bond donors (Lipinski definition) is 1. The lowest BCUT2D eigenvalue weighted by Gasteiger charge is -2.21. The fraction of sp³-hybridized carbons (Fsp3) is 0.455. The fourth-order valence-corrected chi connectivity index (χ4v) is 2.46. The Morgan fingerprint density at radius 2 is 2.00 bits per heavy atom. The molecular formula is C11H13FN2. The number of nitrogens with zero attached hydrogens (tertiary/aromatic N) is 1. The third-order valence-corrected chi connectivity index (χ3v) is 3.43. The van der Waals surface area contributed by atoms with Crippen LogP contribution in [0.15, 0.2) is 24.3 Å². The van der Waals surface area contributed by atoms with Gasteiger partial charge in [-0.1, -0.05) is 6.07 Å². The van der Waals surface area contributed by atoms with Gasteiger partial charge in [-0.25, -0.2) is 4.39 Å². The minimum atomic E-state index is -0.160. The third-order valence-electron chi connectivity index (χ3n) is 3.43. The zero-order valence-electron chi connectivity index (χ0n) is 7.86. The number of piperidine rings is 1. The molecule has 0 spiro atoms. The lowest BCUT2D eigenvalue weighted by molar-refractivity contribution is 0.626. The zero-order valence-corrected chi connectivity index (χ0v) is 7.86. The largest absolute Gasteiger partial charge is 0.371 e. The molecule has 0 aromatic heterocycles. The first-order chi connectivity index (χ1) is 6.75. The highest BCUT2D eigenvalue weighted by atomic mass is 19.1. The highest BCUT2D eigenvalue weighted by Crippen LogP contribution is 2.45. The van der Waals surface area contributed by atoms with Crippen LogP contribution in [0.1, 0.15) is 0 Å². The first-order valence-electron chi connectivity index (χ1n) is 5.02. The van der Waals surface area contributed by atoms with Crippen LogP contribution in [0.25, 0.3) is 0 Å². The van der Waals surface area contributed by atoms with E-state index in [4.69, 9.17) is 5.73 Å². The highest BCUT2D eigenvalue weighted by molar-refractivity contribution is 5.49. The fourth-order valence-electron chi connectivity index (χ4n) is 2.46. The van der Waals surface area contributed by atoms with Crippen molar-refractivity contribution in [1.29, 1.82) is 0 Å². The van der Waals surface area contributed by atoms with Crippen molar-refractivity contribution < 1.29 is 4.39 Å². The van der Waals surface area contributed by atoms with Crippen LogP contribution in [0.3, 0.4) is 0 Å². The summed E-state index contributed by atoms with van der Waals surface area (Å²) in [6.07, 6.45) is 0. The summed E-state index contributed by atoms with van der Waals surface area (Å²) in [4.78, 5) is 2.22. The van der Waals surface area contributed by atoms with E-state index in [9.17, 15) is 4.39 Å². The molecule has 0 radical (unpaired) electrons. The summed E-state index contributed by atoms with van der Waals surface area (Å²) in [7, 11) is 0. The van der Waals surface area contributed by atoms with Crippen molar-refractivity contribution in [2.75, 3.05) is 18.0 Å².